The van der Waals surface area contributed by atoms with E-state index >= 15 is 0 Å². The number of rotatable bonds is 4. The average Bonchev–Trinajstić information content (AvgIpc) is 2.30. The van der Waals surface area contributed by atoms with Gasteiger partial charge in [0.15, 0.2) is 11.6 Å². The molecule has 106 valence electrons. The quantitative estimate of drug-likeness (QED) is 0.824. The Balaban J connectivity index is 3.23. The van der Waals surface area contributed by atoms with Gasteiger partial charge in [0.2, 0.25) is 5.54 Å². The molecule has 0 heterocycles. The molecule has 4 nitrogen and oxygen atoms in total. The van der Waals surface area contributed by atoms with Gasteiger partial charge in [-0.2, -0.15) is 13.2 Å². The number of ether oxygens (including phenoxy) is 1. The summed E-state index contributed by atoms with van der Waals surface area (Å²) in [4.78, 5) is 10.7. The van der Waals surface area contributed by atoms with Gasteiger partial charge in [0.05, 0.1) is 7.11 Å². The lowest BCUT2D eigenvalue weighted by molar-refractivity contribution is -0.201. The van der Waals surface area contributed by atoms with Gasteiger partial charge in [0, 0.05) is 6.42 Å². The fraction of sp³-hybridized carbons (Fsp3) is 0.364. The first-order valence-corrected chi connectivity index (χ1v) is 5.04. The SMILES string of the molecule is COc1cccc(CC(N)(C(=O)O)C(F)(F)F)c1F. The van der Waals surface area contributed by atoms with Gasteiger partial charge in [-0.3, -0.25) is 0 Å². The maximum absolute atomic E-state index is 13.7. The summed E-state index contributed by atoms with van der Waals surface area (Å²) in [6.45, 7) is 0. The normalized spacial score (nSPS) is 14.8. The predicted molar refractivity (Wildman–Crippen MR) is 57.3 cm³/mol. The molecular formula is C11H11F4NO3. The monoisotopic (exact) mass is 281 g/mol. The molecule has 8 heteroatoms. The Kier molecular flexibility index (Phi) is 4.04. The number of benzene rings is 1. The number of nitrogens with two attached hydrogens (primary N) is 1. The highest BCUT2D eigenvalue weighted by molar-refractivity contribution is 5.80. The molecule has 0 bridgehead atoms. The highest BCUT2D eigenvalue weighted by Gasteiger charge is 2.58. The molecule has 0 aliphatic carbocycles. The maximum atomic E-state index is 13.7. The van der Waals surface area contributed by atoms with Gasteiger partial charge in [-0.25, -0.2) is 9.18 Å². The second kappa shape index (κ2) is 5.04. The third-order valence-electron chi connectivity index (χ3n) is 2.62. The maximum Gasteiger partial charge on any atom is 0.417 e. The lowest BCUT2D eigenvalue weighted by Gasteiger charge is -2.27. The van der Waals surface area contributed by atoms with Crippen LogP contribution in [0, 0.1) is 5.82 Å². The topological polar surface area (TPSA) is 72.5 Å². The van der Waals surface area contributed by atoms with Crippen LogP contribution < -0.4 is 10.5 Å². The van der Waals surface area contributed by atoms with Gasteiger partial charge in [-0.15, -0.1) is 0 Å². The minimum absolute atomic E-state index is 0.285. The lowest BCUT2D eigenvalue weighted by Crippen LogP contribution is -2.61. The van der Waals surface area contributed by atoms with Crippen LogP contribution >= 0.6 is 0 Å². The second-order valence-electron chi connectivity index (χ2n) is 3.88. The number of carbonyl (C=O) groups is 1. The first-order valence-electron chi connectivity index (χ1n) is 5.04. The fourth-order valence-electron chi connectivity index (χ4n) is 1.45. The molecule has 0 aromatic heterocycles. The third-order valence-corrected chi connectivity index (χ3v) is 2.62. The summed E-state index contributed by atoms with van der Waals surface area (Å²) >= 11 is 0. The number of hydrogen-bond acceptors (Lipinski definition) is 3. The van der Waals surface area contributed by atoms with E-state index in [4.69, 9.17) is 10.8 Å². The van der Waals surface area contributed by atoms with Crippen molar-refractivity contribution in [1.82, 2.24) is 0 Å². The molecule has 1 atom stereocenters. The number of carboxylic acid groups (broad SMARTS) is 1. The van der Waals surface area contributed by atoms with Crippen LogP contribution in [0.4, 0.5) is 17.6 Å². The van der Waals surface area contributed by atoms with E-state index in [2.05, 4.69) is 4.74 Å². The molecule has 0 radical (unpaired) electrons. The van der Waals surface area contributed by atoms with E-state index in [1.54, 1.807) is 0 Å². The summed E-state index contributed by atoms with van der Waals surface area (Å²) in [5, 5.41) is 8.65. The lowest BCUT2D eigenvalue weighted by atomic mass is 9.91. The van der Waals surface area contributed by atoms with Gasteiger partial charge >= 0.3 is 12.1 Å². The third kappa shape index (κ3) is 2.78. The summed E-state index contributed by atoms with van der Waals surface area (Å²) in [6, 6.07) is 3.47. The van der Waals surface area contributed by atoms with Gasteiger partial charge in [-0.1, -0.05) is 12.1 Å². The molecule has 0 fully saturated rings. The van der Waals surface area contributed by atoms with E-state index in [9.17, 15) is 22.4 Å². The van der Waals surface area contributed by atoms with Crippen molar-refractivity contribution >= 4 is 5.97 Å². The minimum atomic E-state index is -5.21. The van der Waals surface area contributed by atoms with Gasteiger partial charge in [0.25, 0.3) is 0 Å². The second-order valence-corrected chi connectivity index (χ2v) is 3.88. The molecule has 1 rings (SSSR count). The zero-order chi connectivity index (χ0) is 14.8. The Morgan fingerprint density at radius 1 is 1.42 bits per heavy atom. The summed E-state index contributed by atoms with van der Waals surface area (Å²) in [5.74, 6) is -3.63. The molecular weight excluding hydrogens is 270 g/mol. The molecule has 0 aliphatic rings. The number of alkyl halides is 3. The Hall–Kier alpha value is -1.83. The molecule has 0 amide bonds. The van der Waals surface area contributed by atoms with Crippen molar-refractivity contribution in [2.75, 3.05) is 7.11 Å². The van der Waals surface area contributed by atoms with Gasteiger partial charge < -0.3 is 15.6 Å². The average molecular weight is 281 g/mol. The van der Waals surface area contributed by atoms with Gasteiger partial charge in [-0.05, 0) is 11.6 Å². The van der Waals surface area contributed by atoms with E-state index in [-0.39, 0.29) is 5.75 Å². The Bertz CT molecular complexity index is 489. The summed E-state index contributed by atoms with van der Waals surface area (Å²) < 4.78 is 56.4. The van der Waals surface area contributed by atoms with Crippen molar-refractivity contribution in [2.45, 2.75) is 18.1 Å². The first kappa shape index (κ1) is 15.2. The number of methoxy groups -OCH3 is 1. The van der Waals surface area contributed by atoms with Crippen LogP contribution in [0.25, 0.3) is 0 Å². The summed E-state index contributed by atoms with van der Waals surface area (Å²) in [5.41, 5.74) is 0.838. The number of hydrogen-bond donors (Lipinski definition) is 2. The molecule has 0 aliphatic heterocycles. The van der Waals surface area contributed by atoms with Gasteiger partial charge in [0.1, 0.15) is 0 Å². The van der Waals surface area contributed by atoms with Crippen molar-refractivity contribution in [1.29, 1.82) is 0 Å². The molecule has 0 saturated carbocycles. The molecule has 1 unspecified atom stereocenters. The highest BCUT2D eigenvalue weighted by atomic mass is 19.4. The molecule has 0 saturated heterocycles. The van der Waals surface area contributed by atoms with Crippen molar-refractivity contribution in [3.05, 3.63) is 29.6 Å². The zero-order valence-electron chi connectivity index (χ0n) is 9.79. The van der Waals surface area contributed by atoms with E-state index in [1.165, 1.54) is 12.1 Å². The van der Waals surface area contributed by atoms with Crippen LogP contribution in [0.15, 0.2) is 18.2 Å². The van der Waals surface area contributed by atoms with E-state index in [0.29, 0.717) is 0 Å². The van der Waals surface area contributed by atoms with E-state index in [0.717, 1.165) is 13.2 Å². The number of carboxylic acids is 1. The molecule has 19 heavy (non-hydrogen) atoms. The fourth-order valence-corrected chi connectivity index (χ4v) is 1.45. The zero-order valence-corrected chi connectivity index (χ0v) is 9.79. The van der Waals surface area contributed by atoms with Crippen molar-refractivity contribution in [2.24, 2.45) is 5.73 Å². The molecule has 0 spiro atoms. The van der Waals surface area contributed by atoms with Crippen LogP contribution in [-0.4, -0.2) is 29.9 Å². The molecule has 1 aromatic carbocycles. The minimum Gasteiger partial charge on any atom is -0.494 e. The van der Waals surface area contributed by atoms with Crippen molar-refractivity contribution < 1.29 is 32.2 Å². The van der Waals surface area contributed by atoms with Crippen LogP contribution in [0.2, 0.25) is 0 Å². The number of halogens is 4. The number of aliphatic carboxylic acids is 1. The smallest absolute Gasteiger partial charge is 0.417 e. The highest BCUT2D eigenvalue weighted by Crippen LogP contribution is 2.33. The standard InChI is InChI=1S/C11H11F4NO3/c1-19-7-4-2-3-6(8(7)12)5-10(16,9(17)18)11(13,14)15/h2-4H,5,16H2,1H3,(H,17,18). The van der Waals surface area contributed by atoms with Crippen molar-refractivity contribution in [3.63, 3.8) is 0 Å². The largest absolute Gasteiger partial charge is 0.494 e. The molecule has 3 N–H and O–H groups in total. The Labute approximate surface area is 105 Å². The first-order chi connectivity index (χ1) is 8.63. The van der Waals surface area contributed by atoms with Crippen LogP contribution in [-0.2, 0) is 11.2 Å². The summed E-state index contributed by atoms with van der Waals surface area (Å²) in [7, 11) is 1.14. The summed E-state index contributed by atoms with van der Waals surface area (Å²) in [6.07, 6.45) is -6.44. The predicted octanol–water partition coefficient (Wildman–Crippen LogP) is 1.72. The van der Waals surface area contributed by atoms with Crippen LogP contribution in [0.3, 0.4) is 0 Å². The van der Waals surface area contributed by atoms with E-state index in [1.807, 2.05) is 0 Å². The van der Waals surface area contributed by atoms with E-state index < -0.39 is 35.5 Å². The Morgan fingerprint density at radius 3 is 2.42 bits per heavy atom. The van der Waals surface area contributed by atoms with Crippen LogP contribution in [0.5, 0.6) is 5.75 Å². The molecule has 1 aromatic rings. The van der Waals surface area contributed by atoms with Crippen molar-refractivity contribution in [3.8, 4) is 5.75 Å². The Morgan fingerprint density at radius 2 is 2.00 bits per heavy atom. The van der Waals surface area contributed by atoms with Crippen LogP contribution in [0.1, 0.15) is 5.56 Å².